The molecule has 3 aromatic carbocycles. The van der Waals surface area contributed by atoms with Gasteiger partial charge >= 0.3 is 5.63 Å². The zero-order chi connectivity index (χ0) is 17.9. The summed E-state index contributed by atoms with van der Waals surface area (Å²) in [5.74, 6) is 0.673. The molecular weight excluding hydrogens is 324 g/mol. The van der Waals surface area contributed by atoms with Crippen LogP contribution in [-0.4, -0.2) is 0 Å². The molecule has 0 spiro atoms. The first kappa shape index (κ1) is 16.2. The molecular formula is C23H18O3. The number of ether oxygens (including phenoxy) is 1. The second-order valence-electron chi connectivity index (χ2n) is 6.28. The summed E-state index contributed by atoms with van der Waals surface area (Å²) in [6.45, 7) is 2.52. The smallest absolute Gasteiger partial charge is 0.336 e. The lowest BCUT2D eigenvalue weighted by Crippen LogP contribution is -1.99. The van der Waals surface area contributed by atoms with Crippen molar-refractivity contribution in [2.45, 2.75) is 13.5 Å². The number of benzene rings is 3. The highest BCUT2D eigenvalue weighted by molar-refractivity contribution is 5.93. The molecule has 0 aliphatic heterocycles. The highest BCUT2D eigenvalue weighted by Crippen LogP contribution is 2.29. The fraction of sp³-hybridized carbons (Fsp3) is 0.0870. The maximum Gasteiger partial charge on any atom is 0.336 e. The predicted molar refractivity (Wildman–Crippen MR) is 103 cm³/mol. The fourth-order valence-corrected chi connectivity index (χ4v) is 2.94. The topological polar surface area (TPSA) is 39.4 Å². The van der Waals surface area contributed by atoms with Crippen LogP contribution in [0.2, 0.25) is 0 Å². The van der Waals surface area contributed by atoms with Gasteiger partial charge in [0, 0.05) is 17.5 Å². The van der Waals surface area contributed by atoms with E-state index in [1.54, 1.807) is 6.07 Å². The van der Waals surface area contributed by atoms with Gasteiger partial charge in [0.2, 0.25) is 0 Å². The molecule has 0 fully saturated rings. The Morgan fingerprint density at radius 3 is 2.42 bits per heavy atom. The molecule has 3 heteroatoms. The van der Waals surface area contributed by atoms with Crippen LogP contribution in [-0.2, 0) is 6.61 Å². The second kappa shape index (κ2) is 6.89. The molecule has 0 aliphatic carbocycles. The Morgan fingerprint density at radius 1 is 0.885 bits per heavy atom. The normalized spacial score (nSPS) is 10.8. The van der Waals surface area contributed by atoms with Crippen LogP contribution in [0.15, 0.2) is 88.1 Å². The Morgan fingerprint density at radius 2 is 1.65 bits per heavy atom. The van der Waals surface area contributed by atoms with Gasteiger partial charge in [-0.05, 0) is 35.7 Å². The molecule has 0 saturated carbocycles. The maximum atomic E-state index is 12.0. The fourth-order valence-electron chi connectivity index (χ4n) is 2.94. The van der Waals surface area contributed by atoms with Crippen LogP contribution in [0.4, 0.5) is 0 Å². The van der Waals surface area contributed by atoms with Gasteiger partial charge in [0.15, 0.2) is 0 Å². The first-order valence-corrected chi connectivity index (χ1v) is 8.51. The first-order valence-electron chi connectivity index (χ1n) is 8.51. The van der Waals surface area contributed by atoms with Crippen molar-refractivity contribution >= 4 is 11.0 Å². The SMILES string of the molecule is Cc1ccc(COc2ccc3c(-c4ccccc4)cc(=O)oc3c2)cc1. The molecule has 0 unspecified atom stereocenters. The molecule has 0 saturated heterocycles. The van der Waals surface area contributed by atoms with Gasteiger partial charge in [-0.15, -0.1) is 0 Å². The highest BCUT2D eigenvalue weighted by Gasteiger charge is 2.09. The van der Waals surface area contributed by atoms with E-state index < -0.39 is 0 Å². The lowest BCUT2D eigenvalue weighted by atomic mass is 10.0. The summed E-state index contributed by atoms with van der Waals surface area (Å²) in [6.07, 6.45) is 0. The summed E-state index contributed by atoms with van der Waals surface area (Å²) in [5.41, 5.74) is 4.32. The van der Waals surface area contributed by atoms with E-state index >= 15 is 0 Å². The van der Waals surface area contributed by atoms with Crippen LogP contribution in [0.1, 0.15) is 11.1 Å². The van der Waals surface area contributed by atoms with Gasteiger partial charge in [0.05, 0.1) is 0 Å². The third-order valence-corrected chi connectivity index (χ3v) is 4.33. The lowest BCUT2D eigenvalue weighted by molar-refractivity contribution is 0.306. The molecule has 26 heavy (non-hydrogen) atoms. The van der Waals surface area contributed by atoms with Crippen molar-refractivity contribution in [1.29, 1.82) is 0 Å². The molecule has 1 aromatic heterocycles. The molecule has 0 amide bonds. The summed E-state index contributed by atoms with van der Waals surface area (Å²) in [6, 6.07) is 25.2. The monoisotopic (exact) mass is 342 g/mol. The summed E-state index contributed by atoms with van der Waals surface area (Å²) in [5, 5.41) is 0.887. The predicted octanol–water partition coefficient (Wildman–Crippen LogP) is 5.35. The van der Waals surface area contributed by atoms with Gasteiger partial charge in [-0.25, -0.2) is 4.79 Å². The molecule has 4 aromatic rings. The third-order valence-electron chi connectivity index (χ3n) is 4.33. The molecule has 0 aliphatic rings. The van der Waals surface area contributed by atoms with Crippen LogP contribution in [0.5, 0.6) is 5.75 Å². The average molecular weight is 342 g/mol. The largest absolute Gasteiger partial charge is 0.489 e. The molecule has 0 atom stereocenters. The Labute approximate surface area is 151 Å². The Bertz CT molecular complexity index is 1090. The van der Waals surface area contributed by atoms with E-state index in [-0.39, 0.29) is 5.63 Å². The molecule has 3 nitrogen and oxygen atoms in total. The van der Waals surface area contributed by atoms with Crippen LogP contribution >= 0.6 is 0 Å². The minimum atomic E-state index is -0.368. The van der Waals surface area contributed by atoms with Crippen molar-refractivity contribution in [3.05, 3.63) is 100 Å². The van der Waals surface area contributed by atoms with Crippen molar-refractivity contribution < 1.29 is 9.15 Å². The van der Waals surface area contributed by atoms with Gasteiger partial charge in [0.25, 0.3) is 0 Å². The van der Waals surface area contributed by atoms with Gasteiger partial charge in [-0.1, -0.05) is 60.2 Å². The molecule has 0 N–H and O–H groups in total. The standard InChI is InChI=1S/C23H18O3/c1-16-7-9-17(10-8-16)15-25-19-11-12-20-21(18-5-3-2-4-6-18)14-23(24)26-22(20)13-19/h2-14H,15H2,1H3. The summed E-state index contributed by atoms with van der Waals surface area (Å²) < 4.78 is 11.3. The van der Waals surface area contributed by atoms with Crippen molar-refractivity contribution in [3.63, 3.8) is 0 Å². The Kier molecular flexibility index (Phi) is 4.28. The van der Waals surface area contributed by atoms with E-state index in [9.17, 15) is 4.79 Å². The summed E-state index contributed by atoms with van der Waals surface area (Å²) in [7, 11) is 0. The number of fused-ring (bicyclic) bond motifs is 1. The van der Waals surface area contributed by atoms with Crippen LogP contribution < -0.4 is 10.4 Å². The third kappa shape index (κ3) is 3.38. The molecule has 1 heterocycles. The molecule has 0 bridgehead atoms. The highest BCUT2D eigenvalue weighted by atomic mass is 16.5. The zero-order valence-corrected chi connectivity index (χ0v) is 14.4. The number of hydrogen-bond acceptors (Lipinski definition) is 3. The van der Waals surface area contributed by atoms with E-state index in [0.29, 0.717) is 17.9 Å². The molecule has 4 rings (SSSR count). The average Bonchev–Trinajstić information content (AvgIpc) is 2.67. The van der Waals surface area contributed by atoms with Crippen molar-refractivity contribution in [1.82, 2.24) is 0 Å². The van der Waals surface area contributed by atoms with Gasteiger partial charge in [-0.2, -0.15) is 0 Å². The van der Waals surface area contributed by atoms with Gasteiger partial charge in [-0.3, -0.25) is 0 Å². The minimum Gasteiger partial charge on any atom is -0.489 e. The quantitative estimate of drug-likeness (QED) is 0.470. The second-order valence-corrected chi connectivity index (χ2v) is 6.28. The van der Waals surface area contributed by atoms with Gasteiger partial charge in [0.1, 0.15) is 17.9 Å². The van der Waals surface area contributed by atoms with Crippen LogP contribution in [0.3, 0.4) is 0 Å². The molecule has 0 radical (unpaired) electrons. The van der Waals surface area contributed by atoms with E-state index in [0.717, 1.165) is 22.1 Å². The Balaban J connectivity index is 1.67. The maximum absolute atomic E-state index is 12.0. The van der Waals surface area contributed by atoms with Crippen LogP contribution in [0.25, 0.3) is 22.1 Å². The zero-order valence-electron chi connectivity index (χ0n) is 14.4. The van der Waals surface area contributed by atoms with Crippen molar-refractivity contribution in [3.8, 4) is 16.9 Å². The van der Waals surface area contributed by atoms with Crippen LogP contribution in [0, 0.1) is 6.92 Å². The van der Waals surface area contributed by atoms with E-state index in [2.05, 4.69) is 19.1 Å². The van der Waals surface area contributed by atoms with E-state index in [4.69, 9.17) is 9.15 Å². The number of hydrogen-bond donors (Lipinski definition) is 0. The summed E-state index contributed by atoms with van der Waals surface area (Å²) >= 11 is 0. The Hall–Kier alpha value is -3.33. The van der Waals surface area contributed by atoms with Gasteiger partial charge < -0.3 is 9.15 Å². The lowest BCUT2D eigenvalue weighted by Gasteiger charge is -2.09. The number of rotatable bonds is 4. The first-order chi connectivity index (χ1) is 12.7. The molecule has 128 valence electrons. The van der Waals surface area contributed by atoms with Crippen molar-refractivity contribution in [2.75, 3.05) is 0 Å². The van der Waals surface area contributed by atoms with E-state index in [1.165, 1.54) is 11.6 Å². The number of aryl methyl sites for hydroxylation is 1. The van der Waals surface area contributed by atoms with E-state index in [1.807, 2.05) is 54.6 Å². The van der Waals surface area contributed by atoms with Crippen molar-refractivity contribution in [2.24, 2.45) is 0 Å². The minimum absolute atomic E-state index is 0.368. The summed E-state index contributed by atoms with van der Waals surface area (Å²) in [4.78, 5) is 12.0.